The molecule has 3 atom stereocenters. The lowest BCUT2D eigenvalue weighted by atomic mass is 10.0. The summed E-state index contributed by atoms with van der Waals surface area (Å²) >= 11 is 0. The van der Waals surface area contributed by atoms with Crippen LogP contribution in [0.25, 0.3) is 0 Å². The van der Waals surface area contributed by atoms with Crippen molar-refractivity contribution in [1.82, 2.24) is 9.80 Å². The van der Waals surface area contributed by atoms with Crippen molar-refractivity contribution in [3.63, 3.8) is 0 Å². The van der Waals surface area contributed by atoms with Crippen LogP contribution in [-0.2, 0) is 16.1 Å². The lowest BCUT2D eigenvalue weighted by molar-refractivity contribution is -0.140. The maximum absolute atomic E-state index is 14.4. The molecule has 184 valence electrons. The number of nitrogens with zero attached hydrogens (tertiary/aromatic N) is 2. The highest BCUT2D eigenvalue weighted by molar-refractivity contribution is 5.94. The zero-order chi connectivity index (χ0) is 22.8. The van der Waals surface area contributed by atoms with Crippen LogP contribution in [-0.4, -0.2) is 53.5 Å². The molecule has 1 aliphatic heterocycles. The number of hydrogen-bond acceptors (Lipinski definition) is 3. The molecule has 3 unspecified atom stereocenters. The van der Waals surface area contributed by atoms with Gasteiger partial charge in [-0.05, 0) is 69.2 Å². The molecule has 1 N–H and O–H groups in total. The zero-order valence-electron chi connectivity index (χ0n) is 19.6. The van der Waals surface area contributed by atoms with E-state index in [4.69, 9.17) is 0 Å². The molecule has 0 radical (unpaired) electrons. The Kier molecular flexibility index (Phi) is 8.73. The van der Waals surface area contributed by atoms with Gasteiger partial charge in [0.2, 0.25) is 11.8 Å². The number of amides is 2. The van der Waals surface area contributed by atoms with Gasteiger partial charge in [0.05, 0.1) is 5.92 Å². The average molecular weight is 484 g/mol. The minimum atomic E-state index is -1.12. The highest BCUT2D eigenvalue weighted by Gasteiger charge is 2.34. The summed E-state index contributed by atoms with van der Waals surface area (Å²) in [6, 6.07) is 2.95. The first-order chi connectivity index (χ1) is 15.3. The fourth-order valence-electron chi connectivity index (χ4n) is 5.62. The highest BCUT2D eigenvalue weighted by atomic mass is 35.5. The first-order valence-corrected chi connectivity index (χ1v) is 12.1. The summed E-state index contributed by atoms with van der Waals surface area (Å²) in [6.07, 6.45) is 4.85. The van der Waals surface area contributed by atoms with Crippen LogP contribution < -0.4 is 5.32 Å². The van der Waals surface area contributed by atoms with Crippen molar-refractivity contribution in [1.29, 1.82) is 0 Å². The first-order valence-electron chi connectivity index (χ1n) is 12.1. The summed E-state index contributed by atoms with van der Waals surface area (Å²) in [5.41, 5.74) is 2.05. The van der Waals surface area contributed by atoms with Gasteiger partial charge < -0.3 is 10.2 Å². The van der Waals surface area contributed by atoms with E-state index >= 15 is 0 Å². The predicted molar refractivity (Wildman–Crippen MR) is 128 cm³/mol. The van der Waals surface area contributed by atoms with Crippen LogP contribution in [0.2, 0.25) is 0 Å². The number of halogens is 3. The Balaban J connectivity index is 0.00000306. The predicted octanol–water partition coefficient (Wildman–Crippen LogP) is 4.86. The number of anilines is 1. The number of alkyl halides is 1. The summed E-state index contributed by atoms with van der Waals surface area (Å²) in [5, 5.41) is 2.77. The Labute approximate surface area is 201 Å². The normalized spacial score (nSPS) is 26.3. The Morgan fingerprint density at radius 2 is 1.82 bits per heavy atom. The molecule has 3 fully saturated rings. The number of benzene rings is 1. The van der Waals surface area contributed by atoms with Crippen LogP contribution in [0.4, 0.5) is 14.5 Å². The molecule has 1 heterocycles. The molecule has 0 aromatic heterocycles. The largest absolute Gasteiger partial charge is 0.337 e. The Hall–Kier alpha value is -1.73. The maximum Gasteiger partial charge on any atom is 0.230 e. The molecule has 3 aliphatic rings. The minimum absolute atomic E-state index is 0. The fraction of sp³-hybridized carbons (Fsp3) is 0.680. The topological polar surface area (TPSA) is 52.6 Å². The molecule has 1 aromatic carbocycles. The monoisotopic (exact) mass is 483 g/mol. The number of piperazine rings is 1. The van der Waals surface area contributed by atoms with Gasteiger partial charge in [-0.1, -0.05) is 12.8 Å². The molecule has 2 amide bonds. The molecule has 5 nitrogen and oxygen atoms in total. The van der Waals surface area contributed by atoms with Crippen molar-refractivity contribution in [3.8, 4) is 0 Å². The van der Waals surface area contributed by atoms with E-state index in [0.29, 0.717) is 43.9 Å². The van der Waals surface area contributed by atoms with Crippen molar-refractivity contribution in [2.75, 3.05) is 25.0 Å². The lowest BCUT2D eigenvalue weighted by Crippen LogP contribution is -2.54. The second kappa shape index (κ2) is 11.1. The van der Waals surface area contributed by atoms with Crippen LogP contribution >= 0.6 is 12.4 Å². The van der Waals surface area contributed by atoms with E-state index in [2.05, 4.69) is 17.1 Å². The van der Waals surface area contributed by atoms with Gasteiger partial charge in [-0.3, -0.25) is 14.5 Å². The van der Waals surface area contributed by atoms with Crippen molar-refractivity contribution >= 4 is 29.9 Å². The van der Waals surface area contributed by atoms with Gasteiger partial charge in [-0.2, -0.15) is 0 Å². The molecule has 4 rings (SSSR count). The van der Waals surface area contributed by atoms with Gasteiger partial charge in [0.25, 0.3) is 0 Å². The number of hydrogen-bond donors (Lipinski definition) is 1. The third-order valence-electron chi connectivity index (χ3n) is 7.60. The summed E-state index contributed by atoms with van der Waals surface area (Å²) in [7, 11) is 0. The van der Waals surface area contributed by atoms with Gasteiger partial charge in [-0.15, -0.1) is 12.4 Å². The van der Waals surface area contributed by atoms with Gasteiger partial charge >= 0.3 is 0 Å². The van der Waals surface area contributed by atoms with Crippen molar-refractivity contribution in [3.05, 3.63) is 29.1 Å². The second-order valence-corrected chi connectivity index (χ2v) is 9.88. The fourth-order valence-corrected chi connectivity index (χ4v) is 5.62. The van der Waals surface area contributed by atoms with Crippen LogP contribution in [0.15, 0.2) is 12.1 Å². The third kappa shape index (κ3) is 5.86. The number of carbonyl (C=O) groups is 2. The van der Waals surface area contributed by atoms with Crippen LogP contribution in [0, 0.1) is 24.6 Å². The molecule has 0 spiro atoms. The summed E-state index contributed by atoms with van der Waals surface area (Å²) in [6.45, 7) is 6.67. The first kappa shape index (κ1) is 25.9. The van der Waals surface area contributed by atoms with Gasteiger partial charge in [0.15, 0.2) is 0 Å². The van der Waals surface area contributed by atoms with Gasteiger partial charge in [0, 0.05) is 43.8 Å². The summed E-state index contributed by atoms with van der Waals surface area (Å²) in [4.78, 5) is 29.6. The zero-order valence-corrected chi connectivity index (χ0v) is 20.4. The summed E-state index contributed by atoms with van der Waals surface area (Å²) in [5.74, 6) is -0.939. The smallest absolute Gasteiger partial charge is 0.230 e. The average Bonchev–Trinajstić information content (AvgIpc) is 3.43. The molecule has 0 bridgehead atoms. The van der Waals surface area contributed by atoms with E-state index in [1.165, 1.54) is 12.1 Å². The van der Waals surface area contributed by atoms with E-state index in [1.807, 2.05) is 11.8 Å². The molecule has 33 heavy (non-hydrogen) atoms. The Morgan fingerprint density at radius 3 is 2.45 bits per heavy atom. The standard InChI is InChI=1S/C25H35F2N3O2.ClH/c1-16-14-29(10-11-30(16)25(32)18-6-3-4-7-18)15-19-12-20(26)13-23(17(19)2)28-24(31)21-8-5-9-22(21)27;/h12-13,16,18,21-22H,3-11,14-15H2,1-2H3,(H,28,31);1H. The van der Waals surface area contributed by atoms with Gasteiger partial charge in [-0.25, -0.2) is 8.78 Å². The van der Waals surface area contributed by atoms with Crippen LogP contribution in [0.5, 0.6) is 0 Å². The van der Waals surface area contributed by atoms with Gasteiger partial charge in [0.1, 0.15) is 12.0 Å². The molecule has 2 aliphatic carbocycles. The van der Waals surface area contributed by atoms with Crippen molar-refractivity contribution in [2.24, 2.45) is 11.8 Å². The molecule has 1 saturated heterocycles. The Bertz CT molecular complexity index is 862. The quantitative estimate of drug-likeness (QED) is 0.651. The Morgan fingerprint density at radius 1 is 1.09 bits per heavy atom. The van der Waals surface area contributed by atoms with Crippen molar-refractivity contribution < 1.29 is 18.4 Å². The van der Waals surface area contributed by atoms with Crippen LogP contribution in [0.3, 0.4) is 0 Å². The van der Waals surface area contributed by atoms with E-state index in [9.17, 15) is 18.4 Å². The SMILES string of the molecule is Cc1c(CN2CCN(C(=O)C3CCCC3)C(C)C2)cc(F)cc1NC(=O)C1CCCC1F.Cl. The highest BCUT2D eigenvalue weighted by Crippen LogP contribution is 2.31. The summed E-state index contributed by atoms with van der Waals surface area (Å²) < 4.78 is 28.4. The van der Waals surface area contributed by atoms with E-state index in [1.54, 1.807) is 0 Å². The number of rotatable bonds is 5. The third-order valence-corrected chi connectivity index (χ3v) is 7.60. The molecule has 2 saturated carbocycles. The lowest BCUT2D eigenvalue weighted by Gasteiger charge is -2.41. The van der Waals surface area contributed by atoms with E-state index < -0.39 is 17.9 Å². The second-order valence-electron chi connectivity index (χ2n) is 9.88. The molecule has 1 aromatic rings. The number of carbonyl (C=O) groups excluding carboxylic acids is 2. The maximum atomic E-state index is 14.4. The molecular weight excluding hydrogens is 448 g/mol. The van der Waals surface area contributed by atoms with Crippen LogP contribution in [0.1, 0.15) is 63.0 Å². The molecular formula is C25H36ClF2N3O2. The molecule has 8 heteroatoms. The van der Waals surface area contributed by atoms with E-state index in [0.717, 1.165) is 49.9 Å². The number of nitrogens with one attached hydrogen (secondary N) is 1. The minimum Gasteiger partial charge on any atom is -0.337 e. The van der Waals surface area contributed by atoms with E-state index in [-0.39, 0.29) is 30.3 Å². The van der Waals surface area contributed by atoms with Crippen molar-refractivity contribution in [2.45, 2.75) is 77.6 Å².